The molecule has 0 bridgehead atoms. The van der Waals surface area contributed by atoms with Crippen LogP contribution in [0.5, 0.6) is 0 Å². The highest BCUT2D eigenvalue weighted by Crippen LogP contribution is 2.27. The summed E-state index contributed by atoms with van der Waals surface area (Å²) in [5.74, 6) is 0.444. The monoisotopic (exact) mass is 345 g/mol. The van der Waals surface area contributed by atoms with E-state index in [1.807, 2.05) is 35.1 Å². The number of fused-ring (bicyclic) bond motifs is 1. The molecule has 1 aliphatic rings. The van der Waals surface area contributed by atoms with Crippen molar-refractivity contribution in [3.05, 3.63) is 77.6 Å². The van der Waals surface area contributed by atoms with Crippen molar-refractivity contribution in [3.8, 4) is 5.69 Å². The standard InChI is InChI=1S/C21H23N5/c22-21(25-19-11-5-9-16-7-1-3-10-18(16)19)23-15-17-8-2-4-12-20(17)26-14-6-13-24-26/h2,4-6,8-9,11-14H,1,3,7,10,15H2,(H3,22,23,25). The van der Waals surface area contributed by atoms with Gasteiger partial charge in [-0.15, -0.1) is 0 Å². The van der Waals surface area contributed by atoms with Gasteiger partial charge in [-0.2, -0.15) is 5.10 Å². The van der Waals surface area contributed by atoms with Crippen LogP contribution in [0.2, 0.25) is 0 Å². The van der Waals surface area contributed by atoms with Gasteiger partial charge >= 0.3 is 0 Å². The van der Waals surface area contributed by atoms with Crippen molar-refractivity contribution >= 4 is 11.6 Å². The average Bonchev–Trinajstić information content (AvgIpc) is 3.21. The highest BCUT2D eigenvalue weighted by molar-refractivity contribution is 5.93. The van der Waals surface area contributed by atoms with E-state index in [0.717, 1.165) is 29.8 Å². The highest BCUT2D eigenvalue weighted by atomic mass is 15.3. The van der Waals surface area contributed by atoms with Gasteiger partial charge in [0.25, 0.3) is 0 Å². The number of benzene rings is 2. The number of hydrogen-bond donors (Lipinski definition) is 2. The summed E-state index contributed by atoms with van der Waals surface area (Å²) < 4.78 is 1.85. The minimum Gasteiger partial charge on any atom is -0.370 e. The van der Waals surface area contributed by atoms with Gasteiger partial charge in [-0.05, 0) is 60.6 Å². The molecule has 0 aliphatic heterocycles. The van der Waals surface area contributed by atoms with Crippen molar-refractivity contribution in [1.29, 1.82) is 0 Å². The number of anilines is 1. The Morgan fingerprint density at radius 1 is 1.08 bits per heavy atom. The molecule has 5 nitrogen and oxygen atoms in total. The van der Waals surface area contributed by atoms with Crippen LogP contribution in [0, 0.1) is 0 Å². The molecule has 0 fully saturated rings. The van der Waals surface area contributed by atoms with Gasteiger partial charge in [0.05, 0.1) is 12.2 Å². The lowest BCUT2D eigenvalue weighted by atomic mass is 9.90. The first-order valence-electron chi connectivity index (χ1n) is 9.07. The van der Waals surface area contributed by atoms with E-state index in [1.54, 1.807) is 6.20 Å². The normalized spacial score (nSPS) is 14.1. The van der Waals surface area contributed by atoms with Crippen molar-refractivity contribution in [2.75, 3.05) is 5.32 Å². The molecule has 3 aromatic rings. The molecule has 1 heterocycles. The minimum absolute atomic E-state index is 0.444. The van der Waals surface area contributed by atoms with Crippen LogP contribution in [0.4, 0.5) is 5.69 Å². The number of aliphatic imine (C=N–C) groups is 1. The molecule has 0 radical (unpaired) electrons. The Balaban J connectivity index is 1.52. The molecular formula is C21H23N5. The first kappa shape index (κ1) is 16.4. The fourth-order valence-corrected chi connectivity index (χ4v) is 3.53. The highest BCUT2D eigenvalue weighted by Gasteiger charge is 2.13. The molecule has 2 aromatic carbocycles. The molecule has 0 unspecified atom stereocenters. The van der Waals surface area contributed by atoms with Crippen LogP contribution in [0.15, 0.2) is 65.9 Å². The van der Waals surface area contributed by atoms with Gasteiger partial charge in [0, 0.05) is 18.1 Å². The number of nitrogens with one attached hydrogen (secondary N) is 1. The number of nitrogens with two attached hydrogens (primary N) is 1. The molecule has 0 saturated carbocycles. The van der Waals surface area contributed by atoms with Crippen LogP contribution in [0.3, 0.4) is 0 Å². The van der Waals surface area contributed by atoms with Crippen LogP contribution >= 0.6 is 0 Å². The lowest BCUT2D eigenvalue weighted by molar-refractivity contribution is 0.687. The molecule has 132 valence electrons. The number of rotatable bonds is 4. The van der Waals surface area contributed by atoms with Crippen LogP contribution in [-0.2, 0) is 19.4 Å². The third-order valence-electron chi connectivity index (χ3n) is 4.82. The molecule has 0 saturated heterocycles. The largest absolute Gasteiger partial charge is 0.370 e. The molecule has 0 atom stereocenters. The Morgan fingerprint density at radius 2 is 1.96 bits per heavy atom. The first-order chi connectivity index (χ1) is 12.8. The molecular weight excluding hydrogens is 322 g/mol. The first-order valence-corrected chi connectivity index (χ1v) is 9.07. The van der Waals surface area contributed by atoms with Gasteiger partial charge in [-0.1, -0.05) is 30.3 Å². The number of aromatic nitrogens is 2. The van der Waals surface area contributed by atoms with Gasteiger partial charge in [0.2, 0.25) is 0 Å². The Bertz CT molecular complexity index is 912. The fraction of sp³-hybridized carbons (Fsp3) is 0.238. The molecule has 0 spiro atoms. The topological polar surface area (TPSA) is 68.2 Å². The maximum Gasteiger partial charge on any atom is 0.193 e. The predicted molar refractivity (Wildman–Crippen MR) is 106 cm³/mol. The molecule has 1 aromatic heterocycles. The van der Waals surface area contributed by atoms with Crippen molar-refractivity contribution < 1.29 is 0 Å². The summed E-state index contributed by atoms with van der Waals surface area (Å²) >= 11 is 0. The summed E-state index contributed by atoms with van der Waals surface area (Å²) in [4.78, 5) is 4.55. The van der Waals surface area contributed by atoms with E-state index in [-0.39, 0.29) is 0 Å². The zero-order chi connectivity index (χ0) is 17.8. The molecule has 4 rings (SSSR count). The van der Waals surface area contributed by atoms with Gasteiger partial charge in [-0.3, -0.25) is 0 Å². The zero-order valence-corrected chi connectivity index (χ0v) is 14.7. The summed E-state index contributed by atoms with van der Waals surface area (Å²) in [6, 6.07) is 16.4. The van der Waals surface area contributed by atoms with Crippen molar-refractivity contribution in [1.82, 2.24) is 9.78 Å². The minimum atomic E-state index is 0.444. The van der Waals surface area contributed by atoms with E-state index < -0.39 is 0 Å². The van der Waals surface area contributed by atoms with E-state index in [2.05, 4.69) is 39.7 Å². The Kier molecular flexibility index (Phi) is 4.69. The summed E-state index contributed by atoms with van der Waals surface area (Å²) in [7, 11) is 0. The van der Waals surface area contributed by atoms with Crippen LogP contribution in [-0.4, -0.2) is 15.7 Å². The molecule has 0 amide bonds. The lowest BCUT2D eigenvalue weighted by Crippen LogP contribution is -2.24. The summed E-state index contributed by atoms with van der Waals surface area (Å²) in [6.07, 6.45) is 8.46. The maximum atomic E-state index is 6.17. The summed E-state index contributed by atoms with van der Waals surface area (Å²) in [5, 5.41) is 7.61. The van der Waals surface area contributed by atoms with E-state index in [9.17, 15) is 0 Å². The van der Waals surface area contributed by atoms with Crippen LogP contribution < -0.4 is 11.1 Å². The van der Waals surface area contributed by atoms with E-state index in [1.165, 1.54) is 24.0 Å². The lowest BCUT2D eigenvalue weighted by Gasteiger charge is -2.19. The summed E-state index contributed by atoms with van der Waals surface area (Å²) in [5.41, 5.74) is 12.2. The van der Waals surface area contributed by atoms with Gasteiger partial charge in [0.1, 0.15) is 0 Å². The van der Waals surface area contributed by atoms with Crippen molar-refractivity contribution in [2.45, 2.75) is 32.2 Å². The quantitative estimate of drug-likeness (QED) is 0.560. The van der Waals surface area contributed by atoms with Gasteiger partial charge < -0.3 is 11.1 Å². The van der Waals surface area contributed by atoms with Gasteiger partial charge in [-0.25, -0.2) is 9.67 Å². The molecule has 26 heavy (non-hydrogen) atoms. The molecule has 5 heteroatoms. The van der Waals surface area contributed by atoms with Crippen LogP contribution in [0.25, 0.3) is 5.69 Å². The number of para-hydroxylation sites is 1. The predicted octanol–water partition coefficient (Wildman–Crippen LogP) is 3.68. The zero-order valence-electron chi connectivity index (χ0n) is 14.7. The smallest absolute Gasteiger partial charge is 0.193 e. The van der Waals surface area contributed by atoms with E-state index >= 15 is 0 Å². The Morgan fingerprint density at radius 3 is 2.85 bits per heavy atom. The number of aryl methyl sites for hydroxylation is 1. The second-order valence-electron chi connectivity index (χ2n) is 6.56. The Hall–Kier alpha value is -3.08. The second-order valence-corrected chi connectivity index (χ2v) is 6.56. The summed E-state index contributed by atoms with van der Waals surface area (Å²) in [6.45, 7) is 0.504. The Labute approximate surface area is 153 Å². The molecule has 1 aliphatic carbocycles. The number of guanidine groups is 1. The van der Waals surface area contributed by atoms with Crippen molar-refractivity contribution in [3.63, 3.8) is 0 Å². The van der Waals surface area contributed by atoms with Crippen molar-refractivity contribution in [2.24, 2.45) is 10.7 Å². The number of hydrogen-bond acceptors (Lipinski definition) is 2. The maximum absolute atomic E-state index is 6.17. The fourth-order valence-electron chi connectivity index (χ4n) is 3.53. The van der Waals surface area contributed by atoms with Crippen LogP contribution in [0.1, 0.15) is 29.5 Å². The van der Waals surface area contributed by atoms with E-state index in [4.69, 9.17) is 5.73 Å². The average molecular weight is 345 g/mol. The van der Waals surface area contributed by atoms with Gasteiger partial charge in [0.15, 0.2) is 5.96 Å². The van der Waals surface area contributed by atoms with E-state index in [0.29, 0.717) is 12.5 Å². The third-order valence-corrected chi connectivity index (χ3v) is 4.82. The molecule has 3 N–H and O–H groups in total. The second kappa shape index (κ2) is 7.44. The number of nitrogens with zero attached hydrogens (tertiary/aromatic N) is 3. The third kappa shape index (κ3) is 3.47. The SMILES string of the molecule is NC(=NCc1ccccc1-n1cccn1)Nc1cccc2c1CCCC2.